The minimum absolute atomic E-state index is 0.133. The summed E-state index contributed by atoms with van der Waals surface area (Å²) in [4.78, 5) is 36.3. The molecular formula is C34H36O11. The quantitative estimate of drug-likeness (QED) is 0.0899. The summed E-state index contributed by atoms with van der Waals surface area (Å²) < 4.78 is 43.4. The van der Waals surface area contributed by atoms with Gasteiger partial charge in [-0.1, -0.05) is 6.58 Å². The molecule has 1 saturated heterocycles. The summed E-state index contributed by atoms with van der Waals surface area (Å²) in [6.07, 6.45) is 1.09. The van der Waals surface area contributed by atoms with Crippen molar-refractivity contribution >= 4 is 17.9 Å². The smallest absolute Gasteiger partial charge is 0.343 e. The van der Waals surface area contributed by atoms with Crippen molar-refractivity contribution in [2.45, 2.75) is 19.4 Å². The van der Waals surface area contributed by atoms with Crippen LogP contribution in [0.15, 0.2) is 79.4 Å². The molecule has 4 rings (SSSR count). The largest absolute Gasteiger partial charge is 0.491 e. The van der Waals surface area contributed by atoms with E-state index in [0.717, 1.165) is 6.08 Å². The first-order chi connectivity index (χ1) is 21.7. The Kier molecular flexibility index (Phi) is 12.1. The fourth-order valence-corrected chi connectivity index (χ4v) is 4.00. The van der Waals surface area contributed by atoms with Gasteiger partial charge in [0.2, 0.25) is 0 Å². The monoisotopic (exact) mass is 620 g/mol. The first-order valence-corrected chi connectivity index (χ1v) is 14.3. The fraction of sp³-hybridized carbons (Fsp3) is 0.324. The number of aryl methyl sites for hydroxylation is 1. The molecule has 45 heavy (non-hydrogen) atoms. The molecule has 1 fully saturated rings. The molecule has 0 N–H and O–H groups in total. The maximum atomic E-state index is 12.7. The molecule has 0 radical (unpaired) electrons. The molecule has 0 saturated carbocycles. The van der Waals surface area contributed by atoms with Crippen LogP contribution in [-0.2, 0) is 23.7 Å². The normalized spacial score (nSPS) is 13.2. The van der Waals surface area contributed by atoms with E-state index in [4.69, 9.17) is 37.9 Å². The van der Waals surface area contributed by atoms with E-state index >= 15 is 0 Å². The minimum Gasteiger partial charge on any atom is -0.491 e. The lowest BCUT2D eigenvalue weighted by Gasteiger charge is -2.37. The Balaban J connectivity index is 1.18. The Bertz CT molecular complexity index is 1440. The maximum absolute atomic E-state index is 12.7. The zero-order valence-corrected chi connectivity index (χ0v) is 25.3. The van der Waals surface area contributed by atoms with E-state index in [1.54, 1.807) is 73.7 Å². The van der Waals surface area contributed by atoms with Crippen LogP contribution >= 0.6 is 0 Å². The fourth-order valence-electron chi connectivity index (χ4n) is 4.00. The van der Waals surface area contributed by atoms with Crippen molar-refractivity contribution in [2.24, 2.45) is 0 Å². The van der Waals surface area contributed by atoms with E-state index in [0.29, 0.717) is 72.7 Å². The molecule has 3 aromatic rings. The lowest BCUT2D eigenvalue weighted by atomic mass is 10.1. The van der Waals surface area contributed by atoms with E-state index < -0.39 is 17.9 Å². The van der Waals surface area contributed by atoms with Gasteiger partial charge in [-0.25, -0.2) is 14.4 Å². The Morgan fingerprint density at radius 2 is 1.31 bits per heavy atom. The van der Waals surface area contributed by atoms with Crippen molar-refractivity contribution < 1.29 is 52.3 Å². The molecule has 0 aliphatic carbocycles. The summed E-state index contributed by atoms with van der Waals surface area (Å²) in [6, 6.07) is 17.9. The van der Waals surface area contributed by atoms with Crippen LogP contribution in [0.3, 0.4) is 0 Å². The molecule has 1 aliphatic heterocycles. The van der Waals surface area contributed by atoms with Crippen molar-refractivity contribution in [3.8, 4) is 23.0 Å². The van der Waals surface area contributed by atoms with Gasteiger partial charge in [0.25, 0.3) is 0 Å². The highest BCUT2D eigenvalue weighted by molar-refractivity contribution is 5.92. The van der Waals surface area contributed by atoms with Crippen LogP contribution in [-0.4, -0.2) is 76.4 Å². The Labute approximate surface area is 261 Å². The van der Waals surface area contributed by atoms with Crippen LogP contribution in [0.4, 0.5) is 0 Å². The number of hydrogen-bond donors (Lipinski definition) is 0. The van der Waals surface area contributed by atoms with Crippen LogP contribution in [0.25, 0.3) is 0 Å². The molecular weight excluding hydrogens is 584 g/mol. The van der Waals surface area contributed by atoms with Crippen molar-refractivity contribution in [3.05, 3.63) is 96.1 Å². The highest BCUT2D eigenvalue weighted by Gasteiger charge is 2.34. The van der Waals surface area contributed by atoms with Gasteiger partial charge >= 0.3 is 17.9 Å². The van der Waals surface area contributed by atoms with E-state index in [1.807, 2.05) is 6.92 Å². The summed E-state index contributed by atoms with van der Waals surface area (Å²) in [6.45, 7) is 10.00. The first kappa shape index (κ1) is 33.2. The van der Waals surface area contributed by atoms with Crippen molar-refractivity contribution in [1.82, 2.24) is 0 Å². The lowest BCUT2D eigenvalue weighted by molar-refractivity contribution is -0.201. The second-order valence-corrected chi connectivity index (χ2v) is 10.2. The Morgan fingerprint density at radius 3 is 1.87 bits per heavy atom. The second kappa shape index (κ2) is 16.4. The molecule has 11 heteroatoms. The molecule has 0 bridgehead atoms. The number of esters is 3. The molecule has 1 heterocycles. The van der Waals surface area contributed by atoms with Crippen LogP contribution in [0.1, 0.15) is 33.2 Å². The average Bonchev–Trinajstić information content (AvgIpc) is 3.03. The number of hydrogen-bond acceptors (Lipinski definition) is 11. The highest BCUT2D eigenvalue weighted by atomic mass is 16.6. The predicted octanol–water partition coefficient (Wildman–Crippen LogP) is 4.74. The molecule has 0 aromatic heterocycles. The Hall–Kier alpha value is -4.71. The van der Waals surface area contributed by atoms with Crippen LogP contribution in [0.5, 0.6) is 23.0 Å². The topological polar surface area (TPSA) is 125 Å². The van der Waals surface area contributed by atoms with Crippen LogP contribution < -0.4 is 18.9 Å². The van der Waals surface area contributed by atoms with Crippen molar-refractivity contribution in [2.75, 3.05) is 52.9 Å². The summed E-state index contributed by atoms with van der Waals surface area (Å²) in [5.41, 5.74) is 1.07. The van der Waals surface area contributed by atoms with Gasteiger partial charge in [0.05, 0.1) is 44.2 Å². The maximum Gasteiger partial charge on any atom is 0.343 e. The van der Waals surface area contributed by atoms with Gasteiger partial charge < -0.3 is 37.9 Å². The van der Waals surface area contributed by atoms with Gasteiger partial charge in [-0.2, -0.15) is 0 Å². The number of ether oxygens (including phenoxy) is 8. The molecule has 11 nitrogen and oxygen atoms in total. The van der Waals surface area contributed by atoms with Crippen LogP contribution in [0.2, 0.25) is 0 Å². The molecule has 238 valence electrons. The van der Waals surface area contributed by atoms with E-state index in [9.17, 15) is 14.4 Å². The van der Waals surface area contributed by atoms with E-state index in [-0.39, 0.29) is 25.4 Å². The van der Waals surface area contributed by atoms with Crippen LogP contribution in [0, 0.1) is 6.92 Å². The number of rotatable bonds is 17. The van der Waals surface area contributed by atoms with Gasteiger partial charge in [-0.3, -0.25) is 0 Å². The third kappa shape index (κ3) is 10.5. The minimum atomic E-state index is -0.549. The third-order valence-corrected chi connectivity index (χ3v) is 6.49. The lowest BCUT2D eigenvalue weighted by Crippen LogP contribution is -2.49. The zero-order valence-electron chi connectivity index (χ0n) is 25.3. The number of benzene rings is 3. The molecule has 0 unspecified atom stereocenters. The SMILES string of the molecule is C=CC(=O)OCCOCCOc1ccc(C(=O)Oc2ccc(OC(=O)c3ccc(OCCOC4(C)COC4)cc3)cc2C)cc1. The van der Waals surface area contributed by atoms with Crippen molar-refractivity contribution in [3.63, 3.8) is 0 Å². The number of carbonyl (C=O) groups is 3. The third-order valence-electron chi connectivity index (χ3n) is 6.49. The van der Waals surface area contributed by atoms with Crippen molar-refractivity contribution in [1.29, 1.82) is 0 Å². The summed E-state index contributed by atoms with van der Waals surface area (Å²) in [5.74, 6) is 0.228. The summed E-state index contributed by atoms with van der Waals surface area (Å²) in [7, 11) is 0. The standard InChI is InChI=1S/C34H36O11/c1-4-31(35)42-18-16-38-15-17-40-27-11-7-26(8-12-27)33(37)45-30-14-13-29(21-24(30)2)44-32(36)25-5-9-28(10-6-25)41-19-20-43-34(3)22-39-23-34/h4-14,21H,1,15-20,22-23H2,2-3H3. The van der Waals surface area contributed by atoms with Gasteiger partial charge in [-0.15, -0.1) is 0 Å². The zero-order chi connectivity index (χ0) is 32.1. The van der Waals surface area contributed by atoms with E-state index in [1.165, 1.54) is 0 Å². The highest BCUT2D eigenvalue weighted by Crippen LogP contribution is 2.26. The summed E-state index contributed by atoms with van der Waals surface area (Å²) in [5, 5.41) is 0. The summed E-state index contributed by atoms with van der Waals surface area (Å²) >= 11 is 0. The average molecular weight is 621 g/mol. The Morgan fingerprint density at radius 1 is 0.756 bits per heavy atom. The molecule has 0 amide bonds. The molecule has 1 aliphatic rings. The molecule has 3 aromatic carbocycles. The molecule has 0 atom stereocenters. The van der Waals surface area contributed by atoms with Gasteiger partial charge in [-0.05, 0) is 86.1 Å². The van der Waals surface area contributed by atoms with Gasteiger partial charge in [0, 0.05) is 6.08 Å². The number of carbonyl (C=O) groups excluding carboxylic acids is 3. The molecule has 0 spiro atoms. The second-order valence-electron chi connectivity index (χ2n) is 10.2. The van der Waals surface area contributed by atoms with Gasteiger partial charge in [0.15, 0.2) is 0 Å². The first-order valence-electron chi connectivity index (χ1n) is 14.3. The van der Waals surface area contributed by atoms with E-state index in [2.05, 4.69) is 6.58 Å². The predicted molar refractivity (Wildman–Crippen MR) is 162 cm³/mol. The van der Waals surface area contributed by atoms with Gasteiger partial charge in [0.1, 0.15) is 48.4 Å².